The van der Waals surface area contributed by atoms with Crippen molar-refractivity contribution in [3.8, 4) is 11.4 Å². The number of ether oxygens (including phenoxy) is 1. The maximum atomic E-state index is 13.1. The second-order valence-corrected chi connectivity index (χ2v) is 11.2. The number of amides is 1. The highest BCUT2D eigenvalue weighted by Gasteiger charge is 2.44. The van der Waals surface area contributed by atoms with Crippen molar-refractivity contribution in [3.63, 3.8) is 0 Å². The van der Waals surface area contributed by atoms with Gasteiger partial charge >= 0.3 is 0 Å². The van der Waals surface area contributed by atoms with Crippen LogP contribution in [0.2, 0.25) is 0 Å². The van der Waals surface area contributed by atoms with Crippen molar-refractivity contribution < 1.29 is 17.9 Å². The van der Waals surface area contributed by atoms with E-state index in [1.54, 1.807) is 26.0 Å². The second kappa shape index (κ2) is 7.52. The van der Waals surface area contributed by atoms with E-state index in [1.807, 2.05) is 35.2 Å². The summed E-state index contributed by atoms with van der Waals surface area (Å²) in [6.45, 7) is 4.44. The third-order valence-corrected chi connectivity index (χ3v) is 8.72. The van der Waals surface area contributed by atoms with Crippen molar-refractivity contribution in [1.82, 2.24) is 9.47 Å². The van der Waals surface area contributed by atoms with E-state index in [0.717, 1.165) is 17.1 Å². The van der Waals surface area contributed by atoms with E-state index >= 15 is 0 Å². The average molecular weight is 451 g/mol. The Kier molecular flexibility index (Phi) is 4.89. The molecular formula is C25H26N2O4S. The molecule has 7 heteroatoms. The molecule has 0 aliphatic carbocycles. The lowest BCUT2D eigenvalue weighted by atomic mass is 9.86. The van der Waals surface area contributed by atoms with Gasteiger partial charge in [0.05, 0.1) is 21.5 Å². The highest BCUT2D eigenvalue weighted by molar-refractivity contribution is 7.92. The maximum absolute atomic E-state index is 13.1. The molecule has 166 valence electrons. The third-order valence-electron chi connectivity index (χ3n) is 6.55. The van der Waals surface area contributed by atoms with Gasteiger partial charge in [-0.2, -0.15) is 0 Å². The number of likely N-dealkylation sites (tertiary alicyclic amines) is 1. The zero-order chi connectivity index (χ0) is 22.5. The molecule has 0 bridgehead atoms. The molecule has 0 saturated carbocycles. The van der Waals surface area contributed by atoms with Crippen LogP contribution in [0, 0.1) is 0 Å². The van der Waals surface area contributed by atoms with E-state index in [1.165, 1.54) is 12.1 Å². The number of carbonyl (C=O) groups excluding carboxylic acids is 1. The highest BCUT2D eigenvalue weighted by atomic mass is 32.2. The Labute approximate surface area is 188 Å². The van der Waals surface area contributed by atoms with Crippen LogP contribution in [0.5, 0.6) is 5.75 Å². The Balaban J connectivity index is 1.34. The molecule has 2 aromatic carbocycles. The minimum absolute atomic E-state index is 0.0834. The van der Waals surface area contributed by atoms with Crippen LogP contribution in [0.4, 0.5) is 0 Å². The molecule has 3 aromatic rings. The first-order valence-electron chi connectivity index (χ1n) is 10.9. The SMILES string of the molecule is CC(C)S(=O)(=O)c1ccc(C(=O)N2CCC3(CC2)Oc2ccccc2-n2cccc23)cc1. The van der Waals surface area contributed by atoms with Gasteiger partial charge in [-0.25, -0.2) is 8.42 Å². The smallest absolute Gasteiger partial charge is 0.253 e. The Hall–Kier alpha value is -3.06. The number of hydrogen-bond donors (Lipinski definition) is 0. The molecular weight excluding hydrogens is 424 g/mol. The molecule has 5 rings (SSSR count). The van der Waals surface area contributed by atoms with Crippen LogP contribution in [-0.4, -0.2) is 42.1 Å². The molecule has 1 fully saturated rings. The van der Waals surface area contributed by atoms with Crippen molar-refractivity contribution in [2.45, 2.75) is 42.4 Å². The molecule has 2 aliphatic rings. The summed E-state index contributed by atoms with van der Waals surface area (Å²) in [4.78, 5) is 15.2. The number of hydrogen-bond acceptors (Lipinski definition) is 4. The van der Waals surface area contributed by atoms with E-state index in [0.29, 0.717) is 31.5 Å². The van der Waals surface area contributed by atoms with Gasteiger partial charge in [-0.3, -0.25) is 4.79 Å². The lowest BCUT2D eigenvalue weighted by Gasteiger charge is -2.45. The first-order chi connectivity index (χ1) is 15.3. The van der Waals surface area contributed by atoms with E-state index in [-0.39, 0.29) is 10.8 Å². The number of aromatic nitrogens is 1. The van der Waals surface area contributed by atoms with Crippen molar-refractivity contribution in [3.05, 3.63) is 78.1 Å². The second-order valence-electron chi connectivity index (χ2n) is 8.74. The highest BCUT2D eigenvalue weighted by Crippen LogP contribution is 2.45. The van der Waals surface area contributed by atoms with Crippen molar-refractivity contribution in [1.29, 1.82) is 0 Å². The quantitative estimate of drug-likeness (QED) is 0.600. The number of piperidine rings is 1. The minimum atomic E-state index is -3.35. The van der Waals surface area contributed by atoms with Gasteiger partial charge in [0.1, 0.15) is 5.75 Å². The van der Waals surface area contributed by atoms with Crippen LogP contribution in [0.1, 0.15) is 42.7 Å². The number of sulfone groups is 1. The molecule has 1 amide bonds. The molecule has 1 saturated heterocycles. The van der Waals surface area contributed by atoms with E-state index in [2.05, 4.69) is 16.8 Å². The Bertz CT molecular complexity index is 1270. The van der Waals surface area contributed by atoms with Crippen molar-refractivity contribution in [2.24, 2.45) is 0 Å². The number of para-hydroxylation sites is 2. The van der Waals surface area contributed by atoms with Gasteiger partial charge < -0.3 is 14.2 Å². The first kappa shape index (κ1) is 20.8. The molecule has 6 nitrogen and oxygen atoms in total. The van der Waals surface area contributed by atoms with Crippen LogP contribution < -0.4 is 4.74 Å². The fourth-order valence-electron chi connectivity index (χ4n) is 4.64. The maximum Gasteiger partial charge on any atom is 0.253 e. The fourth-order valence-corrected chi connectivity index (χ4v) is 5.70. The number of benzene rings is 2. The minimum Gasteiger partial charge on any atom is -0.479 e. The number of carbonyl (C=O) groups is 1. The summed E-state index contributed by atoms with van der Waals surface area (Å²) in [5.74, 6) is 0.776. The van der Waals surface area contributed by atoms with Gasteiger partial charge in [-0.05, 0) is 62.4 Å². The lowest BCUT2D eigenvalue weighted by Crippen LogP contribution is -2.50. The average Bonchev–Trinajstić information content (AvgIpc) is 3.31. The summed E-state index contributed by atoms with van der Waals surface area (Å²) in [5, 5.41) is -0.498. The molecule has 0 radical (unpaired) electrons. The monoisotopic (exact) mass is 450 g/mol. The largest absolute Gasteiger partial charge is 0.479 e. The zero-order valence-electron chi connectivity index (χ0n) is 18.2. The third kappa shape index (κ3) is 3.23. The predicted octanol–water partition coefficient (Wildman–Crippen LogP) is 4.18. The summed E-state index contributed by atoms with van der Waals surface area (Å²) in [7, 11) is -3.35. The molecule has 0 unspecified atom stereocenters. The van der Waals surface area contributed by atoms with Gasteiger partial charge in [0.2, 0.25) is 0 Å². The topological polar surface area (TPSA) is 68.6 Å². The van der Waals surface area contributed by atoms with Crippen LogP contribution in [0.15, 0.2) is 71.8 Å². The van der Waals surface area contributed by atoms with E-state index in [4.69, 9.17) is 4.74 Å². The number of fused-ring (bicyclic) bond motifs is 4. The summed E-state index contributed by atoms with van der Waals surface area (Å²) in [5.41, 5.74) is 2.20. The van der Waals surface area contributed by atoms with E-state index < -0.39 is 20.7 Å². The molecule has 0 atom stereocenters. The predicted molar refractivity (Wildman–Crippen MR) is 122 cm³/mol. The van der Waals surface area contributed by atoms with E-state index in [9.17, 15) is 13.2 Å². The molecule has 0 N–H and O–H groups in total. The standard InChI is InChI=1S/C25H26N2O4S/c1-18(2)32(29,30)20-11-9-19(10-12-20)24(28)26-16-13-25(14-17-26)23-8-5-15-27(23)21-6-3-4-7-22(21)31-25/h3-12,15,18H,13-14,16-17H2,1-2H3. The van der Waals surface area contributed by atoms with Gasteiger partial charge in [0, 0.05) is 37.7 Å². The summed E-state index contributed by atoms with van der Waals surface area (Å²) >= 11 is 0. The van der Waals surface area contributed by atoms with Crippen LogP contribution in [-0.2, 0) is 15.4 Å². The van der Waals surface area contributed by atoms with Crippen molar-refractivity contribution in [2.75, 3.05) is 13.1 Å². The number of rotatable bonds is 3. The molecule has 1 aromatic heterocycles. The number of nitrogens with zero attached hydrogens (tertiary/aromatic N) is 2. The molecule has 3 heterocycles. The fraction of sp³-hybridized carbons (Fsp3) is 0.320. The molecule has 32 heavy (non-hydrogen) atoms. The van der Waals surface area contributed by atoms with Gasteiger partial charge in [-0.15, -0.1) is 0 Å². The van der Waals surface area contributed by atoms with Crippen LogP contribution in [0.25, 0.3) is 5.69 Å². The zero-order valence-corrected chi connectivity index (χ0v) is 19.0. The molecule has 1 spiro atoms. The summed E-state index contributed by atoms with van der Waals surface area (Å²) < 4.78 is 33.4. The Morgan fingerprint density at radius 1 is 0.969 bits per heavy atom. The van der Waals surface area contributed by atoms with Crippen molar-refractivity contribution >= 4 is 15.7 Å². The first-order valence-corrected chi connectivity index (χ1v) is 12.5. The van der Waals surface area contributed by atoms with Gasteiger partial charge in [-0.1, -0.05) is 12.1 Å². The van der Waals surface area contributed by atoms with Crippen LogP contribution in [0.3, 0.4) is 0 Å². The summed E-state index contributed by atoms with van der Waals surface area (Å²) in [6, 6.07) is 18.4. The Morgan fingerprint density at radius 3 is 2.34 bits per heavy atom. The van der Waals surface area contributed by atoms with Gasteiger partial charge in [0.15, 0.2) is 15.4 Å². The molecule has 2 aliphatic heterocycles. The lowest BCUT2D eigenvalue weighted by molar-refractivity contribution is -0.00931. The van der Waals surface area contributed by atoms with Gasteiger partial charge in [0.25, 0.3) is 5.91 Å². The Morgan fingerprint density at radius 2 is 1.66 bits per heavy atom. The van der Waals surface area contributed by atoms with Crippen LogP contribution >= 0.6 is 0 Å². The summed E-state index contributed by atoms with van der Waals surface area (Å²) in [6.07, 6.45) is 3.44. The normalized spacial score (nSPS) is 17.0.